The van der Waals surface area contributed by atoms with Gasteiger partial charge in [-0.3, -0.25) is 0 Å². The molecule has 0 aromatic rings. The van der Waals surface area contributed by atoms with Crippen LogP contribution in [0.4, 0.5) is 0 Å². The van der Waals surface area contributed by atoms with E-state index in [4.69, 9.17) is 16.2 Å². The molecule has 0 aliphatic heterocycles. The van der Waals surface area contributed by atoms with Crippen molar-refractivity contribution in [1.29, 1.82) is 0 Å². The normalized spacial score (nSPS) is 8.82. The van der Waals surface area contributed by atoms with Gasteiger partial charge in [0.2, 0.25) is 0 Å². The summed E-state index contributed by atoms with van der Waals surface area (Å²) in [6.07, 6.45) is 0. The first-order valence-electron chi connectivity index (χ1n) is 2.96. The van der Waals surface area contributed by atoms with Crippen LogP contribution in [0.2, 0.25) is 4.08 Å². The summed E-state index contributed by atoms with van der Waals surface area (Å²) in [5, 5.41) is 0. The Bertz CT molecular complexity index is 156. The number of nitrogens with zero attached hydrogens (tertiary/aromatic N) is 1. The first kappa shape index (κ1) is 10.6. The van der Waals surface area contributed by atoms with Crippen LogP contribution >= 0.6 is 0 Å². The maximum atomic E-state index is 10.5. The molecular formula is C5H10N3O2Po. The third-order valence-electron chi connectivity index (χ3n) is 0.767. The molecule has 0 saturated heterocycles. The van der Waals surface area contributed by atoms with Gasteiger partial charge in [-0.25, -0.2) is 0 Å². The van der Waals surface area contributed by atoms with Crippen molar-refractivity contribution in [3.63, 3.8) is 0 Å². The molecule has 6 heteroatoms. The Labute approximate surface area is 80.3 Å². The summed E-state index contributed by atoms with van der Waals surface area (Å²) in [4.78, 5) is 14.2. The number of nitrogens with two attached hydrogens (primary N) is 2. The zero-order valence-electron chi connectivity index (χ0n) is 5.95. The number of rotatable bonds is 4. The molecule has 0 heterocycles. The molecule has 5 nitrogen and oxygen atoms in total. The van der Waals surface area contributed by atoms with Gasteiger partial charge in [-0.2, -0.15) is 0 Å². The van der Waals surface area contributed by atoms with Crippen LogP contribution in [0.15, 0.2) is 4.99 Å². The molecule has 4 N–H and O–H groups in total. The van der Waals surface area contributed by atoms with Crippen LogP contribution in [-0.4, -0.2) is 50.1 Å². The van der Waals surface area contributed by atoms with Crippen LogP contribution in [0, 0.1) is 0 Å². The van der Waals surface area contributed by atoms with E-state index in [9.17, 15) is 4.79 Å². The number of carbonyl (C=O) groups excluding carboxylic acids is 1. The summed E-state index contributed by atoms with van der Waals surface area (Å²) in [5.74, 6) is -0.186. The molecule has 0 bridgehead atoms. The summed E-state index contributed by atoms with van der Waals surface area (Å²) in [6, 6.07) is 0. The van der Waals surface area contributed by atoms with Crippen molar-refractivity contribution >= 4 is 37.0 Å². The molecular weight excluding hydrogens is 343 g/mol. The van der Waals surface area contributed by atoms with Gasteiger partial charge in [-0.15, -0.1) is 0 Å². The average molecular weight is 353 g/mol. The zero-order chi connectivity index (χ0) is 8.69. The fourth-order valence-electron chi connectivity index (χ4n) is 0.376. The van der Waals surface area contributed by atoms with Crippen LogP contribution in [0.1, 0.15) is 0 Å². The van der Waals surface area contributed by atoms with Gasteiger partial charge in [-0.05, 0) is 0 Å². The van der Waals surface area contributed by atoms with E-state index < -0.39 is 0 Å². The van der Waals surface area contributed by atoms with Gasteiger partial charge in [0, 0.05) is 0 Å². The fraction of sp³-hybridized carbons (Fsp3) is 0.600. The Morgan fingerprint density at radius 1 is 1.55 bits per heavy atom. The monoisotopic (exact) mass is 353 g/mol. The van der Waals surface area contributed by atoms with E-state index in [1.807, 2.05) is 0 Å². The SMILES string of the molecule is NC(N)=NCCOC(=O)[CH2][Po]. The van der Waals surface area contributed by atoms with Gasteiger partial charge in [0.15, 0.2) is 0 Å². The number of hydrogen-bond donors (Lipinski definition) is 2. The van der Waals surface area contributed by atoms with Crippen LogP contribution in [0.5, 0.6) is 0 Å². The maximum absolute atomic E-state index is 10.5. The second-order valence-corrected chi connectivity index (χ2v) is 2.79. The first-order chi connectivity index (χ1) is 5.16. The topological polar surface area (TPSA) is 90.7 Å². The summed E-state index contributed by atoms with van der Waals surface area (Å²) in [6.45, 7) is 0.591. The molecule has 0 aromatic carbocycles. The van der Waals surface area contributed by atoms with Crippen molar-refractivity contribution in [2.24, 2.45) is 16.5 Å². The van der Waals surface area contributed by atoms with E-state index in [-0.39, 0.29) is 18.5 Å². The molecule has 0 aliphatic carbocycles. The van der Waals surface area contributed by atoms with Crippen molar-refractivity contribution in [2.45, 2.75) is 4.08 Å². The predicted molar refractivity (Wildman–Crippen MR) is 42.2 cm³/mol. The summed E-state index contributed by atoms with van der Waals surface area (Å²) >= 11 is 1.19. The Hall–Kier alpha value is -0.364. The molecule has 0 saturated carbocycles. The Balaban J connectivity index is 3.28. The van der Waals surface area contributed by atoms with Gasteiger partial charge in [-0.1, -0.05) is 0 Å². The number of guanidine groups is 1. The molecule has 1 radical (unpaired) electrons. The van der Waals surface area contributed by atoms with Crippen LogP contribution < -0.4 is 11.5 Å². The molecule has 0 rings (SSSR count). The van der Waals surface area contributed by atoms with E-state index in [2.05, 4.69) is 4.99 Å². The third kappa shape index (κ3) is 7.53. The van der Waals surface area contributed by atoms with Crippen molar-refractivity contribution in [3.05, 3.63) is 0 Å². The Kier molecular flexibility index (Phi) is 6.14. The molecule has 0 unspecified atom stereocenters. The van der Waals surface area contributed by atoms with Crippen LogP contribution in [0.25, 0.3) is 0 Å². The van der Waals surface area contributed by atoms with E-state index in [1.54, 1.807) is 0 Å². The summed E-state index contributed by atoms with van der Waals surface area (Å²) in [5.41, 5.74) is 10.1. The summed E-state index contributed by atoms with van der Waals surface area (Å²) in [7, 11) is 0. The van der Waals surface area contributed by atoms with Crippen molar-refractivity contribution in [2.75, 3.05) is 13.2 Å². The molecule has 63 valence electrons. The second-order valence-electron chi connectivity index (χ2n) is 1.67. The molecule has 0 atom stereocenters. The quantitative estimate of drug-likeness (QED) is 0.275. The number of ether oxygens (including phenoxy) is 1. The minimum absolute atomic E-state index is 0.0168. The van der Waals surface area contributed by atoms with Gasteiger partial charge in [0.25, 0.3) is 0 Å². The van der Waals surface area contributed by atoms with Crippen LogP contribution in [-0.2, 0) is 9.53 Å². The van der Waals surface area contributed by atoms with Crippen LogP contribution in [0.3, 0.4) is 0 Å². The Morgan fingerprint density at radius 3 is 2.64 bits per heavy atom. The second kappa shape index (κ2) is 6.35. The molecule has 0 spiro atoms. The summed E-state index contributed by atoms with van der Waals surface area (Å²) < 4.78 is 5.17. The number of aliphatic imine (C=N–C) groups is 1. The van der Waals surface area contributed by atoms with Gasteiger partial charge >= 0.3 is 80.2 Å². The van der Waals surface area contributed by atoms with Crippen molar-refractivity contribution in [3.8, 4) is 0 Å². The number of carbonyl (C=O) groups is 1. The number of hydrogen-bond acceptors (Lipinski definition) is 3. The molecule has 0 fully saturated rings. The van der Waals surface area contributed by atoms with E-state index >= 15 is 0 Å². The molecule has 0 amide bonds. The average Bonchev–Trinajstić information content (AvgIpc) is 1.97. The fourth-order valence-corrected chi connectivity index (χ4v) is 0.700. The van der Waals surface area contributed by atoms with E-state index in [0.29, 0.717) is 10.6 Å². The molecule has 0 aromatic heterocycles. The Morgan fingerprint density at radius 2 is 2.18 bits per heavy atom. The first-order valence-corrected chi connectivity index (χ1v) is 5.20. The minimum atomic E-state index is -0.203. The van der Waals surface area contributed by atoms with Gasteiger partial charge < -0.3 is 0 Å². The van der Waals surface area contributed by atoms with Crippen molar-refractivity contribution < 1.29 is 9.53 Å². The van der Waals surface area contributed by atoms with E-state index in [0.717, 1.165) is 0 Å². The molecule has 0 aliphatic rings. The standard InChI is InChI=1S/C5H10N3O2.Po/c1-4(9)10-3-2-8-5(6)7;/h1-3H2,(H4,6,7,8);. The molecule has 11 heavy (non-hydrogen) atoms. The zero-order valence-corrected chi connectivity index (χ0v) is 9.12. The van der Waals surface area contributed by atoms with E-state index in [1.165, 1.54) is 25.1 Å². The van der Waals surface area contributed by atoms with Crippen molar-refractivity contribution in [1.82, 2.24) is 0 Å². The third-order valence-corrected chi connectivity index (χ3v) is 1.68. The van der Waals surface area contributed by atoms with Gasteiger partial charge in [0.1, 0.15) is 0 Å². The van der Waals surface area contributed by atoms with Gasteiger partial charge in [0.05, 0.1) is 0 Å². The number of esters is 1. The predicted octanol–water partition coefficient (Wildman–Crippen LogP) is -1.61.